The highest BCUT2D eigenvalue weighted by molar-refractivity contribution is 5.85. The molecular formula is C21H32N4O4. The molecule has 1 unspecified atom stereocenters. The number of nitrogens with one attached hydrogen (secondary N) is 1. The summed E-state index contributed by atoms with van der Waals surface area (Å²) in [4.78, 5) is 42.4. The second-order valence-corrected chi connectivity index (χ2v) is 7.10. The Morgan fingerprint density at radius 3 is 2.28 bits per heavy atom. The zero-order valence-corrected chi connectivity index (χ0v) is 17.6. The summed E-state index contributed by atoms with van der Waals surface area (Å²) in [5.41, 5.74) is 0.886. The van der Waals surface area contributed by atoms with Crippen molar-refractivity contribution >= 4 is 17.9 Å². The van der Waals surface area contributed by atoms with E-state index in [1.807, 2.05) is 49.1 Å². The summed E-state index contributed by atoms with van der Waals surface area (Å²) in [6.07, 6.45) is -0.613. The van der Waals surface area contributed by atoms with E-state index in [1.165, 1.54) is 0 Å². The van der Waals surface area contributed by atoms with Crippen LogP contribution in [0.3, 0.4) is 0 Å². The van der Waals surface area contributed by atoms with E-state index >= 15 is 0 Å². The average Bonchev–Trinajstić information content (AvgIpc) is 2.74. The molecule has 1 N–H and O–H groups in total. The summed E-state index contributed by atoms with van der Waals surface area (Å²) in [7, 11) is 0. The van der Waals surface area contributed by atoms with Gasteiger partial charge in [0.05, 0.1) is 6.54 Å². The van der Waals surface area contributed by atoms with Crippen molar-refractivity contribution in [3.8, 4) is 0 Å². The van der Waals surface area contributed by atoms with Crippen LogP contribution < -0.4 is 5.32 Å². The predicted molar refractivity (Wildman–Crippen MR) is 110 cm³/mol. The normalized spacial score (nSPS) is 15.5. The molecule has 1 aliphatic heterocycles. The van der Waals surface area contributed by atoms with E-state index < -0.39 is 12.1 Å². The monoisotopic (exact) mass is 404 g/mol. The molecule has 1 aromatic rings. The minimum Gasteiger partial charge on any atom is -0.445 e. The van der Waals surface area contributed by atoms with Gasteiger partial charge in [-0.15, -0.1) is 0 Å². The lowest BCUT2D eigenvalue weighted by molar-refractivity contribution is -0.136. The van der Waals surface area contributed by atoms with Gasteiger partial charge >= 0.3 is 6.09 Å². The summed E-state index contributed by atoms with van der Waals surface area (Å²) in [5, 5.41) is 2.59. The fourth-order valence-electron chi connectivity index (χ4n) is 3.27. The Morgan fingerprint density at radius 1 is 1.07 bits per heavy atom. The second kappa shape index (κ2) is 11.4. The van der Waals surface area contributed by atoms with Gasteiger partial charge in [0.1, 0.15) is 12.6 Å². The van der Waals surface area contributed by atoms with Crippen LogP contribution >= 0.6 is 0 Å². The van der Waals surface area contributed by atoms with Gasteiger partial charge in [0.2, 0.25) is 11.8 Å². The number of amides is 3. The van der Waals surface area contributed by atoms with E-state index in [9.17, 15) is 14.4 Å². The SMILES string of the molecule is CCN(CC)C(=O)CN1CCN(C(=O)C(C)NC(=O)OCc2ccccc2)CC1. The number of likely N-dealkylation sites (N-methyl/N-ethyl adjacent to an activating group) is 1. The number of hydrogen-bond acceptors (Lipinski definition) is 5. The van der Waals surface area contributed by atoms with Crippen molar-refractivity contribution < 1.29 is 19.1 Å². The first-order valence-electron chi connectivity index (χ1n) is 10.2. The molecule has 29 heavy (non-hydrogen) atoms. The third-order valence-corrected chi connectivity index (χ3v) is 5.08. The maximum atomic E-state index is 12.6. The smallest absolute Gasteiger partial charge is 0.408 e. The lowest BCUT2D eigenvalue weighted by Gasteiger charge is -2.36. The van der Waals surface area contributed by atoms with Gasteiger partial charge in [0.15, 0.2) is 0 Å². The molecule has 0 bridgehead atoms. The molecule has 1 aromatic carbocycles. The van der Waals surface area contributed by atoms with Crippen LogP contribution in [0.4, 0.5) is 4.79 Å². The number of hydrogen-bond donors (Lipinski definition) is 1. The van der Waals surface area contributed by atoms with Crippen molar-refractivity contribution in [3.05, 3.63) is 35.9 Å². The molecule has 8 heteroatoms. The fourth-order valence-corrected chi connectivity index (χ4v) is 3.27. The molecule has 8 nitrogen and oxygen atoms in total. The number of carbonyl (C=O) groups is 3. The number of benzene rings is 1. The first kappa shape index (κ1) is 22.7. The third-order valence-electron chi connectivity index (χ3n) is 5.08. The molecular weight excluding hydrogens is 372 g/mol. The second-order valence-electron chi connectivity index (χ2n) is 7.10. The highest BCUT2D eigenvalue weighted by Gasteiger charge is 2.27. The van der Waals surface area contributed by atoms with Crippen LogP contribution in [-0.4, -0.2) is 84.5 Å². The molecule has 0 aliphatic carbocycles. The maximum Gasteiger partial charge on any atom is 0.408 e. The topological polar surface area (TPSA) is 82.2 Å². The van der Waals surface area contributed by atoms with Crippen molar-refractivity contribution in [1.82, 2.24) is 20.0 Å². The Labute approximate surface area is 172 Å². The lowest BCUT2D eigenvalue weighted by Crippen LogP contribution is -2.55. The van der Waals surface area contributed by atoms with Crippen molar-refractivity contribution in [3.63, 3.8) is 0 Å². The van der Waals surface area contributed by atoms with E-state index in [1.54, 1.807) is 11.8 Å². The van der Waals surface area contributed by atoms with Crippen LogP contribution in [0, 0.1) is 0 Å². The zero-order chi connectivity index (χ0) is 21.2. The number of carbonyl (C=O) groups excluding carboxylic acids is 3. The summed E-state index contributed by atoms with van der Waals surface area (Å²) in [6.45, 7) is 9.90. The number of ether oxygens (including phenoxy) is 1. The quantitative estimate of drug-likeness (QED) is 0.707. The molecule has 1 fully saturated rings. The highest BCUT2D eigenvalue weighted by Crippen LogP contribution is 2.06. The minimum absolute atomic E-state index is 0.117. The number of nitrogens with zero attached hydrogens (tertiary/aromatic N) is 3. The largest absolute Gasteiger partial charge is 0.445 e. The van der Waals surface area contributed by atoms with Gasteiger partial charge in [-0.1, -0.05) is 30.3 Å². The number of alkyl carbamates (subject to hydrolysis) is 1. The van der Waals surface area contributed by atoms with Crippen molar-refractivity contribution in [2.24, 2.45) is 0 Å². The Kier molecular flexibility index (Phi) is 8.92. The van der Waals surface area contributed by atoms with E-state index in [0.29, 0.717) is 45.8 Å². The van der Waals surface area contributed by atoms with Crippen LogP contribution in [0.2, 0.25) is 0 Å². The van der Waals surface area contributed by atoms with Crippen molar-refractivity contribution in [2.75, 3.05) is 45.8 Å². The zero-order valence-electron chi connectivity index (χ0n) is 17.6. The highest BCUT2D eigenvalue weighted by atomic mass is 16.5. The molecule has 1 aliphatic rings. The Hall–Kier alpha value is -2.61. The molecule has 3 amide bonds. The van der Waals surface area contributed by atoms with Gasteiger partial charge in [-0.3, -0.25) is 14.5 Å². The Balaban J connectivity index is 1.72. The van der Waals surface area contributed by atoms with Crippen LogP contribution in [0.1, 0.15) is 26.3 Å². The maximum absolute atomic E-state index is 12.6. The van der Waals surface area contributed by atoms with Crippen LogP contribution in [0.15, 0.2) is 30.3 Å². The standard InChI is InChI=1S/C21H32N4O4/c1-4-24(5-2)19(26)15-23-11-13-25(14-12-23)20(27)17(3)22-21(28)29-16-18-9-7-6-8-10-18/h6-10,17H,4-5,11-16H2,1-3H3,(H,22,28). The van der Waals surface area contributed by atoms with Crippen LogP contribution in [0.25, 0.3) is 0 Å². The Bertz CT molecular complexity index is 671. The molecule has 1 atom stereocenters. The molecule has 0 radical (unpaired) electrons. The molecule has 1 saturated heterocycles. The average molecular weight is 405 g/mol. The molecule has 2 rings (SSSR count). The van der Waals surface area contributed by atoms with Crippen molar-refractivity contribution in [2.45, 2.75) is 33.4 Å². The molecule has 160 valence electrons. The summed E-state index contributed by atoms with van der Waals surface area (Å²) in [6, 6.07) is 8.71. The summed E-state index contributed by atoms with van der Waals surface area (Å²) in [5.74, 6) is -0.0256. The van der Waals surface area contributed by atoms with Gasteiger partial charge < -0.3 is 19.9 Å². The van der Waals surface area contributed by atoms with E-state index in [4.69, 9.17) is 4.74 Å². The van der Waals surface area contributed by atoms with Gasteiger partial charge in [0.25, 0.3) is 0 Å². The lowest BCUT2D eigenvalue weighted by atomic mass is 10.2. The van der Waals surface area contributed by atoms with Crippen molar-refractivity contribution in [1.29, 1.82) is 0 Å². The molecule has 0 aromatic heterocycles. The van der Waals surface area contributed by atoms with E-state index in [0.717, 1.165) is 5.56 Å². The fraction of sp³-hybridized carbons (Fsp3) is 0.571. The first-order chi connectivity index (χ1) is 13.9. The van der Waals surface area contributed by atoms with E-state index in [-0.39, 0.29) is 18.4 Å². The van der Waals surface area contributed by atoms with Gasteiger partial charge in [-0.05, 0) is 26.3 Å². The molecule has 0 spiro atoms. The first-order valence-corrected chi connectivity index (χ1v) is 10.2. The molecule has 0 saturated carbocycles. The summed E-state index contributed by atoms with van der Waals surface area (Å²) < 4.78 is 5.17. The third kappa shape index (κ3) is 7.05. The van der Waals surface area contributed by atoms with Gasteiger partial charge in [-0.25, -0.2) is 4.79 Å². The van der Waals surface area contributed by atoms with Gasteiger partial charge in [-0.2, -0.15) is 0 Å². The number of piperazine rings is 1. The van der Waals surface area contributed by atoms with E-state index in [2.05, 4.69) is 10.2 Å². The van der Waals surface area contributed by atoms with Crippen LogP contribution in [-0.2, 0) is 20.9 Å². The minimum atomic E-state index is -0.665. The summed E-state index contributed by atoms with van der Waals surface area (Å²) >= 11 is 0. The van der Waals surface area contributed by atoms with Crippen LogP contribution in [0.5, 0.6) is 0 Å². The number of rotatable bonds is 8. The van der Waals surface area contributed by atoms with Gasteiger partial charge in [0, 0.05) is 39.3 Å². The molecule has 1 heterocycles. The predicted octanol–water partition coefficient (Wildman–Crippen LogP) is 1.31. The Morgan fingerprint density at radius 2 is 1.69 bits per heavy atom.